The van der Waals surface area contributed by atoms with Gasteiger partial charge in [0.05, 0.1) is 16.3 Å². The first kappa shape index (κ1) is 20.6. The van der Waals surface area contributed by atoms with Crippen LogP contribution in [0.3, 0.4) is 0 Å². The molecule has 1 aliphatic rings. The largest absolute Gasteiger partial charge is 0.309 e. The predicted octanol–water partition coefficient (Wildman–Crippen LogP) is 3.63. The van der Waals surface area contributed by atoms with Crippen LogP contribution in [0.2, 0.25) is 5.02 Å². The topological polar surface area (TPSA) is 84.3 Å². The lowest BCUT2D eigenvalue weighted by atomic mass is 10.2. The van der Waals surface area contributed by atoms with Crippen molar-refractivity contribution >= 4 is 33.3 Å². The van der Waals surface area contributed by atoms with Gasteiger partial charge in [0, 0.05) is 17.6 Å². The Kier molecular flexibility index (Phi) is 5.64. The van der Waals surface area contributed by atoms with Crippen LogP contribution in [0.5, 0.6) is 0 Å². The molecule has 0 spiro atoms. The summed E-state index contributed by atoms with van der Waals surface area (Å²) in [7, 11) is -3.81. The first-order chi connectivity index (χ1) is 14.4. The third kappa shape index (κ3) is 3.98. The van der Waals surface area contributed by atoms with Gasteiger partial charge in [-0.1, -0.05) is 29.8 Å². The van der Waals surface area contributed by atoms with E-state index >= 15 is 0 Å². The number of nitrogens with one attached hydrogen (secondary N) is 1. The summed E-state index contributed by atoms with van der Waals surface area (Å²) in [5.41, 5.74) is 1.55. The maximum Gasteiger partial charge on any atom is 0.243 e. The van der Waals surface area contributed by atoms with Crippen molar-refractivity contribution in [2.75, 3.05) is 11.9 Å². The normalized spacial score (nSPS) is 17.2. The summed E-state index contributed by atoms with van der Waals surface area (Å²) in [5.74, 6) is 0.126. The van der Waals surface area contributed by atoms with Gasteiger partial charge in [0.2, 0.25) is 15.9 Å². The van der Waals surface area contributed by atoms with Gasteiger partial charge in [-0.05, 0) is 56.2 Å². The van der Waals surface area contributed by atoms with E-state index in [1.165, 1.54) is 28.6 Å². The number of carbonyl (C=O) groups excluding carboxylic acids is 1. The molecule has 1 fully saturated rings. The van der Waals surface area contributed by atoms with Crippen molar-refractivity contribution in [2.45, 2.75) is 30.7 Å². The van der Waals surface area contributed by atoms with Crippen LogP contribution in [-0.2, 0) is 14.8 Å². The lowest BCUT2D eigenvalue weighted by molar-refractivity contribution is -0.119. The summed E-state index contributed by atoms with van der Waals surface area (Å²) in [6.07, 6.45) is 1.07. The van der Waals surface area contributed by atoms with E-state index in [4.69, 9.17) is 11.6 Å². The number of carbonyl (C=O) groups is 1. The van der Waals surface area contributed by atoms with Gasteiger partial charge in [0.15, 0.2) is 0 Å². The Bertz CT molecular complexity index is 1160. The molecule has 3 aromatic rings. The van der Waals surface area contributed by atoms with Gasteiger partial charge < -0.3 is 5.32 Å². The average molecular weight is 445 g/mol. The zero-order valence-electron chi connectivity index (χ0n) is 16.3. The highest BCUT2D eigenvalue weighted by atomic mass is 35.5. The molecule has 30 heavy (non-hydrogen) atoms. The third-order valence-corrected chi connectivity index (χ3v) is 7.18. The van der Waals surface area contributed by atoms with Crippen LogP contribution in [0.1, 0.15) is 18.5 Å². The van der Waals surface area contributed by atoms with Crippen molar-refractivity contribution in [2.24, 2.45) is 0 Å². The zero-order valence-corrected chi connectivity index (χ0v) is 17.9. The van der Waals surface area contributed by atoms with Crippen molar-refractivity contribution in [1.82, 2.24) is 14.1 Å². The molecule has 1 aromatic heterocycles. The van der Waals surface area contributed by atoms with E-state index in [1.54, 1.807) is 10.7 Å². The summed E-state index contributed by atoms with van der Waals surface area (Å²) in [5, 5.41) is 7.76. The van der Waals surface area contributed by atoms with E-state index in [-0.39, 0.29) is 10.8 Å². The number of anilines is 1. The zero-order chi connectivity index (χ0) is 21.3. The van der Waals surface area contributed by atoms with Gasteiger partial charge in [-0.3, -0.25) is 4.79 Å². The highest BCUT2D eigenvalue weighted by Gasteiger charge is 2.39. The fourth-order valence-electron chi connectivity index (χ4n) is 3.60. The summed E-state index contributed by atoms with van der Waals surface area (Å²) >= 11 is 5.88. The van der Waals surface area contributed by atoms with Gasteiger partial charge in [-0.15, -0.1) is 0 Å². The minimum atomic E-state index is -3.81. The van der Waals surface area contributed by atoms with E-state index in [2.05, 4.69) is 10.4 Å². The quantitative estimate of drug-likeness (QED) is 0.651. The predicted molar refractivity (Wildman–Crippen MR) is 115 cm³/mol. The summed E-state index contributed by atoms with van der Waals surface area (Å²) in [6, 6.07) is 16.4. The number of hydrogen-bond acceptors (Lipinski definition) is 4. The second-order valence-corrected chi connectivity index (χ2v) is 9.46. The number of sulfonamides is 1. The Morgan fingerprint density at radius 1 is 1.13 bits per heavy atom. The summed E-state index contributed by atoms with van der Waals surface area (Å²) in [6.45, 7) is 2.13. The van der Waals surface area contributed by atoms with Crippen molar-refractivity contribution in [3.05, 3.63) is 71.4 Å². The van der Waals surface area contributed by atoms with Crippen LogP contribution in [-0.4, -0.2) is 41.0 Å². The Hall–Kier alpha value is -2.68. The summed E-state index contributed by atoms with van der Waals surface area (Å²) < 4.78 is 29.1. The second kappa shape index (κ2) is 8.22. The van der Waals surface area contributed by atoms with Gasteiger partial charge >= 0.3 is 0 Å². The average Bonchev–Trinajstić information content (AvgIpc) is 3.36. The van der Waals surface area contributed by atoms with E-state index in [0.29, 0.717) is 30.2 Å². The molecule has 156 valence electrons. The van der Waals surface area contributed by atoms with Crippen LogP contribution in [0.25, 0.3) is 5.69 Å². The van der Waals surface area contributed by atoms with Gasteiger partial charge in [0.25, 0.3) is 0 Å². The molecule has 1 atom stereocenters. The molecule has 1 saturated heterocycles. The Morgan fingerprint density at radius 2 is 1.83 bits per heavy atom. The fraction of sp³-hybridized carbons (Fsp3) is 0.238. The van der Waals surface area contributed by atoms with E-state index in [1.807, 2.05) is 37.3 Å². The molecule has 9 heteroatoms. The molecular weight excluding hydrogens is 424 g/mol. The van der Waals surface area contributed by atoms with Crippen LogP contribution < -0.4 is 5.32 Å². The SMILES string of the molecule is Cc1cc(NC(=O)C2CCCN2S(=O)(=O)c2ccc(Cl)cc2)n(-c2ccccc2)n1. The second-order valence-electron chi connectivity index (χ2n) is 7.14. The van der Waals surface area contributed by atoms with Gasteiger partial charge in [-0.2, -0.15) is 9.40 Å². The third-order valence-electron chi connectivity index (χ3n) is 5.01. The monoisotopic (exact) mass is 444 g/mol. The van der Waals surface area contributed by atoms with Crippen molar-refractivity contribution in [3.8, 4) is 5.69 Å². The number of rotatable bonds is 5. The fourth-order valence-corrected chi connectivity index (χ4v) is 5.38. The smallest absolute Gasteiger partial charge is 0.243 e. The maximum absolute atomic E-state index is 13.1. The number of hydrogen-bond donors (Lipinski definition) is 1. The molecule has 4 rings (SSSR count). The molecule has 2 aromatic carbocycles. The molecule has 0 saturated carbocycles. The summed E-state index contributed by atoms with van der Waals surface area (Å²) in [4.78, 5) is 13.2. The molecular formula is C21H21ClN4O3S. The standard InChI is InChI=1S/C21H21ClN4O3S/c1-15-14-20(26(24-15)17-6-3-2-4-7-17)23-21(27)19-8-5-13-25(19)30(28,29)18-11-9-16(22)10-12-18/h2-4,6-7,9-12,14,19H,5,8,13H2,1H3,(H,23,27). The highest BCUT2D eigenvalue weighted by molar-refractivity contribution is 7.89. The Balaban J connectivity index is 1.59. The maximum atomic E-state index is 13.1. The first-order valence-corrected chi connectivity index (χ1v) is 11.4. The molecule has 0 aliphatic carbocycles. The molecule has 1 amide bonds. The van der Waals surface area contributed by atoms with E-state index in [9.17, 15) is 13.2 Å². The van der Waals surface area contributed by atoms with Crippen molar-refractivity contribution in [3.63, 3.8) is 0 Å². The van der Waals surface area contributed by atoms with Crippen LogP contribution in [0.15, 0.2) is 65.6 Å². The number of benzene rings is 2. The lowest BCUT2D eigenvalue weighted by Gasteiger charge is -2.23. The number of nitrogens with zero attached hydrogens (tertiary/aromatic N) is 3. The molecule has 0 radical (unpaired) electrons. The van der Waals surface area contributed by atoms with Gasteiger partial charge in [0.1, 0.15) is 11.9 Å². The molecule has 1 unspecified atom stereocenters. The number of amides is 1. The van der Waals surface area contributed by atoms with Crippen LogP contribution >= 0.6 is 11.6 Å². The van der Waals surface area contributed by atoms with Crippen molar-refractivity contribution < 1.29 is 13.2 Å². The minimum Gasteiger partial charge on any atom is -0.309 e. The van der Waals surface area contributed by atoms with E-state index < -0.39 is 16.1 Å². The molecule has 1 aliphatic heterocycles. The minimum absolute atomic E-state index is 0.122. The first-order valence-electron chi connectivity index (χ1n) is 9.56. The van der Waals surface area contributed by atoms with Crippen molar-refractivity contribution in [1.29, 1.82) is 0 Å². The van der Waals surface area contributed by atoms with E-state index in [0.717, 1.165) is 11.4 Å². The number of aryl methyl sites for hydroxylation is 1. The number of para-hydroxylation sites is 1. The molecule has 7 nitrogen and oxygen atoms in total. The Labute approximate surface area is 180 Å². The molecule has 0 bridgehead atoms. The molecule has 1 N–H and O–H groups in total. The van der Waals surface area contributed by atoms with Gasteiger partial charge in [-0.25, -0.2) is 13.1 Å². The Morgan fingerprint density at radius 3 is 2.53 bits per heavy atom. The van der Waals surface area contributed by atoms with Crippen LogP contribution in [0, 0.1) is 6.92 Å². The van der Waals surface area contributed by atoms with Crippen LogP contribution in [0.4, 0.5) is 5.82 Å². The number of halogens is 1. The number of aromatic nitrogens is 2. The molecule has 2 heterocycles. The highest BCUT2D eigenvalue weighted by Crippen LogP contribution is 2.28. The lowest BCUT2D eigenvalue weighted by Crippen LogP contribution is -2.43.